The predicted octanol–water partition coefficient (Wildman–Crippen LogP) is 2.62. The van der Waals surface area contributed by atoms with E-state index in [1.165, 1.54) is 6.42 Å². The van der Waals surface area contributed by atoms with Crippen LogP contribution in [-0.4, -0.2) is 23.2 Å². The fraction of sp³-hybridized carbons (Fsp3) is 0.933. The Morgan fingerprint density at radius 2 is 1.94 bits per heavy atom. The van der Waals surface area contributed by atoms with Crippen LogP contribution >= 0.6 is 0 Å². The van der Waals surface area contributed by atoms with Gasteiger partial charge in [0.1, 0.15) is 0 Å². The van der Waals surface area contributed by atoms with Gasteiger partial charge in [0.2, 0.25) is 5.91 Å². The number of amides is 1. The average molecular weight is 253 g/mol. The summed E-state index contributed by atoms with van der Waals surface area (Å²) in [5, 5.41) is 13.5. The van der Waals surface area contributed by atoms with E-state index in [0.717, 1.165) is 44.9 Å². The van der Waals surface area contributed by atoms with Gasteiger partial charge in [-0.25, -0.2) is 0 Å². The maximum atomic E-state index is 12.2. The van der Waals surface area contributed by atoms with E-state index in [1.807, 2.05) is 0 Å². The van der Waals surface area contributed by atoms with Crippen molar-refractivity contribution < 1.29 is 9.90 Å². The van der Waals surface area contributed by atoms with Crippen LogP contribution in [-0.2, 0) is 4.79 Å². The van der Waals surface area contributed by atoms with Crippen molar-refractivity contribution in [1.29, 1.82) is 0 Å². The molecule has 0 aromatic heterocycles. The Bertz CT molecular complexity index is 310. The predicted molar refractivity (Wildman–Crippen MR) is 72.2 cm³/mol. The second kappa shape index (κ2) is 5.20. The highest BCUT2D eigenvalue weighted by Crippen LogP contribution is 2.38. The van der Waals surface area contributed by atoms with Crippen molar-refractivity contribution in [3.8, 4) is 0 Å². The minimum atomic E-state index is -0.664. The number of carbonyl (C=O) groups excluding carboxylic acids is 1. The summed E-state index contributed by atoms with van der Waals surface area (Å²) in [4.78, 5) is 12.2. The normalized spacial score (nSPS) is 35.4. The zero-order chi connectivity index (χ0) is 13.2. The summed E-state index contributed by atoms with van der Waals surface area (Å²) in [6.07, 6.45) is 8.23. The van der Waals surface area contributed by atoms with Crippen molar-refractivity contribution in [3.05, 3.63) is 0 Å². The Morgan fingerprint density at radius 1 is 1.28 bits per heavy atom. The first-order chi connectivity index (χ1) is 8.44. The van der Waals surface area contributed by atoms with Crippen LogP contribution in [0.4, 0.5) is 0 Å². The Balaban J connectivity index is 1.85. The van der Waals surface area contributed by atoms with Crippen LogP contribution in [0.15, 0.2) is 0 Å². The van der Waals surface area contributed by atoms with Gasteiger partial charge in [-0.1, -0.05) is 39.5 Å². The minimum absolute atomic E-state index is 0.145. The van der Waals surface area contributed by atoms with Crippen LogP contribution < -0.4 is 5.32 Å². The van der Waals surface area contributed by atoms with Crippen molar-refractivity contribution in [3.63, 3.8) is 0 Å². The minimum Gasteiger partial charge on any atom is -0.388 e. The van der Waals surface area contributed by atoms with E-state index >= 15 is 0 Å². The van der Waals surface area contributed by atoms with Crippen LogP contribution in [0.5, 0.6) is 0 Å². The zero-order valence-electron chi connectivity index (χ0n) is 11.8. The highest BCUT2D eigenvalue weighted by Gasteiger charge is 2.38. The van der Waals surface area contributed by atoms with E-state index in [0.29, 0.717) is 12.5 Å². The zero-order valence-corrected chi connectivity index (χ0v) is 11.8. The molecule has 2 rings (SSSR count). The smallest absolute Gasteiger partial charge is 0.226 e. The molecule has 2 aliphatic carbocycles. The lowest BCUT2D eigenvalue weighted by atomic mass is 9.78. The van der Waals surface area contributed by atoms with Gasteiger partial charge in [0.25, 0.3) is 0 Å². The number of aliphatic hydroxyl groups is 1. The Morgan fingerprint density at radius 3 is 2.56 bits per heavy atom. The van der Waals surface area contributed by atoms with Crippen molar-refractivity contribution in [2.24, 2.45) is 11.3 Å². The summed E-state index contributed by atoms with van der Waals surface area (Å²) in [7, 11) is 0. The molecule has 2 N–H and O–H groups in total. The van der Waals surface area contributed by atoms with Crippen LogP contribution in [0.2, 0.25) is 0 Å². The number of hydrogen-bond donors (Lipinski definition) is 2. The largest absolute Gasteiger partial charge is 0.388 e. The molecule has 18 heavy (non-hydrogen) atoms. The van der Waals surface area contributed by atoms with Crippen LogP contribution in [0.1, 0.15) is 65.2 Å². The molecular formula is C15H27NO2. The number of rotatable bonds is 3. The first-order valence-electron chi connectivity index (χ1n) is 7.44. The molecule has 3 heteroatoms. The Kier molecular flexibility index (Phi) is 4.00. The lowest BCUT2D eigenvalue weighted by Crippen LogP contribution is -2.48. The highest BCUT2D eigenvalue weighted by molar-refractivity contribution is 5.82. The number of nitrogens with one attached hydrogen (secondary N) is 1. The third-order valence-corrected chi connectivity index (χ3v) is 4.90. The van der Waals surface area contributed by atoms with Gasteiger partial charge in [0, 0.05) is 12.0 Å². The fourth-order valence-electron chi connectivity index (χ4n) is 3.63. The topological polar surface area (TPSA) is 49.3 Å². The number of hydrogen-bond acceptors (Lipinski definition) is 2. The molecule has 1 amide bonds. The third kappa shape index (κ3) is 3.05. The van der Waals surface area contributed by atoms with Crippen molar-refractivity contribution >= 4 is 5.91 Å². The summed E-state index contributed by atoms with van der Waals surface area (Å²) in [5.74, 6) is 0.717. The van der Waals surface area contributed by atoms with E-state index in [9.17, 15) is 9.90 Å². The van der Waals surface area contributed by atoms with Gasteiger partial charge in [0.15, 0.2) is 0 Å². The molecule has 0 aromatic rings. The standard InChI is InChI=1S/C15H27NO2/c1-12-6-5-9-15(18,10-12)11-16-13(17)14(2)7-3-4-8-14/h12,18H,3-11H2,1-2H3,(H,16,17). The van der Waals surface area contributed by atoms with Gasteiger partial charge in [-0.3, -0.25) is 4.79 Å². The van der Waals surface area contributed by atoms with E-state index in [1.54, 1.807) is 0 Å². The van der Waals surface area contributed by atoms with Gasteiger partial charge >= 0.3 is 0 Å². The molecule has 0 heterocycles. The van der Waals surface area contributed by atoms with Gasteiger partial charge in [-0.05, 0) is 31.6 Å². The van der Waals surface area contributed by atoms with Gasteiger partial charge in [-0.15, -0.1) is 0 Å². The molecule has 2 unspecified atom stereocenters. The monoisotopic (exact) mass is 253 g/mol. The van der Waals surface area contributed by atoms with Crippen molar-refractivity contribution in [2.75, 3.05) is 6.54 Å². The summed E-state index contributed by atoms with van der Waals surface area (Å²) >= 11 is 0. The van der Waals surface area contributed by atoms with Gasteiger partial charge < -0.3 is 10.4 Å². The molecule has 2 fully saturated rings. The van der Waals surface area contributed by atoms with E-state index in [4.69, 9.17) is 0 Å². The van der Waals surface area contributed by atoms with Crippen molar-refractivity contribution in [1.82, 2.24) is 5.32 Å². The Labute approximate surface area is 110 Å². The van der Waals surface area contributed by atoms with E-state index < -0.39 is 5.60 Å². The highest BCUT2D eigenvalue weighted by atomic mass is 16.3. The quantitative estimate of drug-likeness (QED) is 0.812. The SMILES string of the molecule is CC1CCCC(O)(CNC(=O)C2(C)CCCC2)C1. The molecule has 0 saturated heterocycles. The third-order valence-electron chi connectivity index (χ3n) is 4.90. The van der Waals surface area contributed by atoms with Crippen LogP contribution in [0.25, 0.3) is 0 Å². The Hall–Kier alpha value is -0.570. The molecule has 3 nitrogen and oxygen atoms in total. The first-order valence-corrected chi connectivity index (χ1v) is 7.44. The van der Waals surface area contributed by atoms with Crippen LogP contribution in [0.3, 0.4) is 0 Å². The number of carbonyl (C=O) groups is 1. The molecule has 0 spiro atoms. The molecule has 104 valence electrons. The second-order valence-corrected chi connectivity index (χ2v) is 6.88. The average Bonchev–Trinajstić information content (AvgIpc) is 2.74. The lowest BCUT2D eigenvalue weighted by molar-refractivity contribution is -0.131. The van der Waals surface area contributed by atoms with Gasteiger partial charge in [-0.2, -0.15) is 0 Å². The summed E-state index contributed by atoms with van der Waals surface area (Å²) in [5.41, 5.74) is -0.848. The van der Waals surface area contributed by atoms with E-state index in [-0.39, 0.29) is 11.3 Å². The molecule has 0 bridgehead atoms. The summed E-state index contributed by atoms with van der Waals surface area (Å²) in [6, 6.07) is 0. The molecule has 0 aliphatic heterocycles. The summed E-state index contributed by atoms with van der Waals surface area (Å²) in [6.45, 7) is 4.68. The molecular weight excluding hydrogens is 226 g/mol. The lowest BCUT2D eigenvalue weighted by Gasteiger charge is -2.36. The van der Waals surface area contributed by atoms with Gasteiger partial charge in [0.05, 0.1) is 5.60 Å². The second-order valence-electron chi connectivity index (χ2n) is 6.88. The molecule has 2 atom stereocenters. The van der Waals surface area contributed by atoms with Crippen LogP contribution in [0, 0.1) is 11.3 Å². The van der Waals surface area contributed by atoms with Crippen molar-refractivity contribution in [2.45, 2.75) is 70.8 Å². The maximum absolute atomic E-state index is 12.2. The molecule has 2 saturated carbocycles. The molecule has 0 aromatic carbocycles. The first kappa shape index (κ1) is 13.9. The maximum Gasteiger partial charge on any atom is 0.226 e. The molecule has 2 aliphatic rings. The fourth-order valence-corrected chi connectivity index (χ4v) is 3.63. The van der Waals surface area contributed by atoms with E-state index in [2.05, 4.69) is 19.2 Å². The molecule has 0 radical (unpaired) electrons. The summed E-state index contributed by atoms with van der Waals surface area (Å²) < 4.78 is 0.